The molecule has 1 aliphatic heterocycles. The predicted molar refractivity (Wildman–Crippen MR) is 71.4 cm³/mol. The van der Waals surface area contributed by atoms with E-state index in [0.29, 0.717) is 5.92 Å². The summed E-state index contributed by atoms with van der Waals surface area (Å²) in [6, 6.07) is 2.04. The normalized spacial score (nSPS) is 21.9. The van der Waals surface area contributed by atoms with Crippen LogP contribution in [0.5, 0.6) is 0 Å². The summed E-state index contributed by atoms with van der Waals surface area (Å²) < 4.78 is 0.920. The molecule has 2 heterocycles. The van der Waals surface area contributed by atoms with Gasteiger partial charge in [0.2, 0.25) is 0 Å². The molecule has 0 bridgehead atoms. The summed E-state index contributed by atoms with van der Waals surface area (Å²) >= 11 is 3.50. The van der Waals surface area contributed by atoms with E-state index in [1.165, 1.54) is 12.8 Å². The highest BCUT2D eigenvalue weighted by Crippen LogP contribution is 2.39. The zero-order valence-corrected chi connectivity index (χ0v) is 11.7. The fourth-order valence-corrected chi connectivity index (χ4v) is 2.53. The Balaban J connectivity index is 1.81. The van der Waals surface area contributed by atoms with Crippen LogP contribution in [-0.2, 0) is 0 Å². The molecule has 1 aromatic rings. The Labute approximate surface area is 110 Å². The van der Waals surface area contributed by atoms with E-state index < -0.39 is 0 Å². The van der Waals surface area contributed by atoms with E-state index in [2.05, 4.69) is 37.8 Å². The second-order valence-corrected chi connectivity index (χ2v) is 5.78. The van der Waals surface area contributed by atoms with E-state index in [1.807, 2.05) is 6.07 Å². The van der Waals surface area contributed by atoms with Crippen molar-refractivity contribution < 1.29 is 0 Å². The van der Waals surface area contributed by atoms with Crippen molar-refractivity contribution in [3.8, 4) is 0 Å². The molecule has 5 heteroatoms. The lowest BCUT2D eigenvalue weighted by Gasteiger charge is -2.33. The van der Waals surface area contributed by atoms with Gasteiger partial charge in [0.1, 0.15) is 16.2 Å². The van der Waals surface area contributed by atoms with E-state index in [-0.39, 0.29) is 0 Å². The van der Waals surface area contributed by atoms with Crippen molar-refractivity contribution in [3.63, 3.8) is 0 Å². The summed E-state index contributed by atoms with van der Waals surface area (Å²) in [5, 5.41) is 0. The molecular weight excluding hydrogens is 280 g/mol. The molecule has 0 atom stereocenters. The first-order chi connectivity index (χ1) is 8.22. The SMILES string of the molecule is CN1CCN(c2cc(Br)nc(C3CC3)n2)CC1. The van der Waals surface area contributed by atoms with Crippen molar-refractivity contribution in [1.29, 1.82) is 0 Å². The van der Waals surface area contributed by atoms with Crippen LogP contribution < -0.4 is 4.90 Å². The molecule has 0 N–H and O–H groups in total. The van der Waals surface area contributed by atoms with E-state index in [9.17, 15) is 0 Å². The topological polar surface area (TPSA) is 32.3 Å². The molecule has 1 saturated heterocycles. The van der Waals surface area contributed by atoms with Crippen molar-refractivity contribution in [2.75, 3.05) is 38.1 Å². The monoisotopic (exact) mass is 296 g/mol. The van der Waals surface area contributed by atoms with E-state index in [4.69, 9.17) is 4.98 Å². The number of hydrogen-bond donors (Lipinski definition) is 0. The Morgan fingerprint density at radius 1 is 1.18 bits per heavy atom. The molecule has 0 amide bonds. The number of likely N-dealkylation sites (N-methyl/N-ethyl adjacent to an activating group) is 1. The van der Waals surface area contributed by atoms with Gasteiger partial charge < -0.3 is 9.80 Å². The first kappa shape index (κ1) is 11.4. The maximum absolute atomic E-state index is 4.71. The molecule has 0 aromatic carbocycles. The lowest BCUT2D eigenvalue weighted by Crippen LogP contribution is -2.44. The lowest BCUT2D eigenvalue weighted by atomic mass is 10.3. The third kappa shape index (κ3) is 2.60. The molecule has 0 spiro atoms. The molecule has 0 unspecified atom stereocenters. The van der Waals surface area contributed by atoms with Gasteiger partial charge in [0.25, 0.3) is 0 Å². The third-order valence-corrected chi connectivity index (χ3v) is 3.87. The van der Waals surface area contributed by atoms with Gasteiger partial charge in [0, 0.05) is 38.2 Å². The van der Waals surface area contributed by atoms with Gasteiger partial charge in [0.05, 0.1) is 0 Å². The molecule has 1 aromatic heterocycles. The van der Waals surface area contributed by atoms with Crippen LogP contribution in [-0.4, -0.2) is 48.1 Å². The number of hydrogen-bond acceptors (Lipinski definition) is 4. The summed E-state index contributed by atoms with van der Waals surface area (Å²) in [6.45, 7) is 4.34. The Hall–Kier alpha value is -0.680. The summed E-state index contributed by atoms with van der Waals surface area (Å²) in [6.07, 6.45) is 2.50. The zero-order chi connectivity index (χ0) is 11.8. The Morgan fingerprint density at radius 3 is 2.53 bits per heavy atom. The first-order valence-corrected chi connectivity index (χ1v) is 6.99. The van der Waals surface area contributed by atoms with Crippen molar-refractivity contribution in [2.45, 2.75) is 18.8 Å². The number of anilines is 1. The minimum atomic E-state index is 0.610. The van der Waals surface area contributed by atoms with Crippen LogP contribution in [0.25, 0.3) is 0 Å². The molecule has 0 radical (unpaired) electrons. The molecule has 92 valence electrons. The maximum atomic E-state index is 4.71. The molecule has 1 aliphatic carbocycles. The average molecular weight is 297 g/mol. The van der Waals surface area contributed by atoms with Crippen molar-refractivity contribution >= 4 is 21.7 Å². The van der Waals surface area contributed by atoms with Crippen LogP contribution >= 0.6 is 15.9 Å². The standard InChI is InChI=1S/C12H17BrN4/c1-16-4-6-17(7-5-16)11-8-10(13)14-12(15-11)9-2-3-9/h8-9H,2-7H2,1H3. The Morgan fingerprint density at radius 2 is 1.88 bits per heavy atom. The van der Waals surface area contributed by atoms with Crippen molar-refractivity contribution in [2.24, 2.45) is 0 Å². The van der Waals surface area contributed by atoms with Gasteiger partial charge in [-0.25, -0.2) is 9.97 Å². The number of nitrogens with zero attached hydrogens (tertiary/aromatic N) is 4. The molecule has 4 nitrogen and oxygen atoms in total. The highest BCUT2D eigenvalue weighted by Gasteiger charge is 2.28. The first-order valence-electron chi connectivity index (χ1n) is 6.20. The van der Waals surface area contributed by atoms with E-state index in [1.54, 1.807) is 0 Å². The quantitative estimate of drug-likeness (QED) is 0.780. The van der Waals surface area contributed by atoms with E-state index >= 15 is 0 Å². The smallest absolute Gasteiger partial charge is 0.135 e. The van der Waals surface area contributed by atoms with Crippen LogP contribution in [0.3, 0.4) is 0 Å². The van der Waals surface area contributed by atoms with Gasteiger partial charge >= 0.3 is 0 Å². The minimum absolute atomic E-state index is 0.610. The lowest BCUT2D eigenvalue weighted by molar-refractivity contribution is 0.312. The van der Waals surface area contributed by atoms with Crippen LogP contribution in [0.1, 0.15) is 24.6 Å². The van der Waals surface area contributed by atoms with Gasteiger partial charge in [-0.3, -0.25) is 0 Å². The predicted octanol–water partition coefficient (Wildman–Crippen LogP) is 1.87. The molecule has 2 fully saturated rings. The third-order valence-electron chi connectivity index (χ3n) is 3.47. The Kier molecular flexibility index (Phi) is 3.04. The van der Waals surface area contributed by atoms with Gasteiger partial charge in [-0.1, -0.05) is 0 Å². The van der Waals surface area contributed by atoms with Crippen molar-refractivity contribution in [1.82, 2.24) is 14.9 Å². The van der Waals surface area contributed by atoms with Crippen LogP contribution in [0.2, 0.25) is 0 Å². The number of halogens is 1. The highest BCUT2D eigenvalue weighted by molar-refractivity contribution is 9.10. The summed E-state index contributed by atoms with van der Waals surface area (Å²) in [4.78, 5) is 13.9. The van der Waals surface area contributed by atoms with Gasteiger partial charge in [-0.2, -0.15) is 0 Å². The van der Waals surface area contributed by atoms with Crippen LogP contribution in [0.15, 0.2) is 10.7 Å². The second kappa shape index (κ2) is 4.53. The Bertz CT molecular complexity index is 411. The molecule has 17 heavy (non-hydrogen) atoms. The largest absolute Gasteiger partial charge is 0.354 e. The van der Waals surface area contributed by atoms with Crippen molar-refractivity contribution in [3.05, 3.63) is 16.5 Å². The van der Waals surface area contributed by atoms with Crippen LogP contribution in [0.4, 0.5) is 5.82 Å². The average Bonchev–Trinajstić information content (AvgIpc) is 3.13. The molecule has 3 rings (SSSR count). The van der Waals surface area contributed by atoms with Gasteiger partial charge in [0.15, 0.2) is 0 Å². The van der Waals surface area contributed by atoms with E-state index in [0.717, 1.165) is 42.4 Å². The fourth-order valence-electron chi connectivity index (χ4n) is 2.14. The minimum Gasteiger partial charge on any atom is -0.354 e. The van der Waals surface area contributed by atoms with Gasteiger partial charge in [-0.05, 0) is 35.8 Å². The summed E-state index contributed by atoms with van der Waals surface area (Å²) in [5.74, 6) is 2.72. The second-order valence-electron chi connectivity index (χ2n) is 4.97. The molecule has 1 saturated carbocycles. The number of rotatable bonds is 2. The van der Waals surface area contributed by atoms with Crippen LogP contribution in [0, 0.1) is 0 Å². The number of aromatic nitrogens is 2. The molecular formula is C12H17BrN4. The maximum Gasteiger partial charge on any atom is 0.135 e. The zero-order valence-electron chi connectivity index (χ0n) is 10.1. The number of piperazine rings is 1. The van der Waals surface area contributed by atoms with Gasteiger partial charge in [-0.15, -0.1) is 0 Å². The molecule has 2 aliphatic rings. The highest BCUT2D eigenvalue weighted by atomic mass is 79.9. The fraction of sp³-hybridized carbons (Fsp3) is 0.667. The summed E-state index contributed by atoms with van der Waals surface area (Å²) in [7, 11) is 2.17. The summed E-state index contributed by atoms with van der Waals surface area (Å²) in [5.41, 5.74) is 0.